The summed E-state index contributed by atoms with van der Waals surface area (Å²) in [5.41, 5.74) is 0. The summed E-state index contributed by atoms with van der Waals surface area (Å²) in [4.78, 5) is 20.9. The summed E-state index contributed by atoms with van der Waals surface area (Å²) in [5.74, 6) is -0.469. The number of ether oxygens (including phenoxy) is 1. The van der Waals surface area contributed by atoms with Gasteiger partial charge in [-0.3, -0.25) is 13.8 Å². The third-order valence-corrected chi connectivity index (χ3v) is 3.66. The molecule has 0 heterocycles. The molecule has 2 N–H and O–H groups in total. The van der Waals surface area contributed by atoms with Gasteiger partial charge in [0.05, 0.1) is 34.4 Å². The Morgan fingerprint density at radius 1 is 1.27 bits per heavy atom. The van der Waals surface area contributed by atoms with Crippen LogP contribution in [0.5, 0.6) is 0 Å². The van der Waals surface area contributed by atoms with Gasteiger partial charge in [0, 0.05) is 6.42 Å². The number of hydrogen-bond donors (Lipinski definition) is 2. The number of rotatable bonds is 12. The first-order chi connectivity index (χ1) is 10.1. The number of carbonyl (C=O) groups is 1. The van der Waals surface area contributed by atoms with E-state index >= 15 is 0 Å². The number of carbonyl (C=O) groups excluding carboxylic acids is 1. The molecule has 1 unspecified atom stereocenters. The van der Waals surface area contributed by atoms with Gasteiger partial charge in [-0.05, 0) is 6.42 Å². The minimum atomic E-state index is -4.22. The van der Waals surface area contributed by atoms with Crippen LogP contribution in [-0.4, -0.2) is 74.1 Å². The van der Waals surface area contributed by atoms with E-state index in [4.69, 9.17) is 18.9 Å². The number of esters is 1. The van der Waals surface area contributed by atoms with E-state index in [1.807, 2.05) is 28.1 Å². The minimum absolute atomic E-state index is 0.0529. The number of phosphoric ester groups is 1. The van der Waals surface area contributed by atoms with Crippen LogP contribution < -0.4 is 0 Å². The van der Waals surface area contributed by atoms with Gasteiger partial charge < -0.3 is 19.2 Å². The zero-order valence-corrected chi connectivity index (χ0v) is 14.8. The Morgan fingerprint density at radius 3 is 2.41 bits per heavy atom. The van der Waals surface area contributed by atoms with Gasteiger partial charge in [-0.25, -0.2) is 4.57 Å². The average molecular weight is 342 g/mol. The topological polar surface area (TPSA) is 102 Å². The molecule has 0 radical (unpaired) electrons. The number of likely N-dealkylation sites (N-methyl/N-ethyl adjacent to an activating group) is 1. The van der Waals surface area contributed by atoms with Crippen LogP contribution in [0.3, 0.4) is 0 Å². The molecule has 0 saturated carbocycles. The lowest BCUT2D eigenvalue weighted by Crippen LogP contribution is -2.37. The first kappa shape index (κ1) is 21.5. The number of hydrogen-bond acceptors (Lipinski definition) is 6. The van der Waals surface area contributed by atoms with Gasteiger partial charge in [0.15, 0.2) is 0 Å². The highest BCUT2D eigenvalue weighted by Gasteiger charge is 2.25. The summed E-state index contributed by atoms with van der Waals surface area (Å²) in [6.07, 6.45) is 0.794. The van der Waals surface area contributed by atoms with Crippen molar-refractivity contribution in [2.75, 3.05) is 47.5 Å². The van der Waals surface area contributed by atoms with Gasteiger partial charge in [0.2, 0.25) is 0 Å². The van der Waals surface area contributed by atoms with E-state index < -0.39 is 33.1 Å². The van der Waals surface area contributed by atoms with E-state index in [1.54, 1.807) is 0 Å². The van der Waals surface area contributed by atoms with Crippen molar-refractivity contribution in [3.8, 4) is 0 Å². The van der Waals surface area contributed by atoms with Gasteiger partial charge in [0.25, 0.3) is 0 Å². The molecule has 0 aliphatic rings. The lowest BCUT2D eigenvalue weighted by Gasteiger charge is -2.24. The van der Waals surface area contributed by atoms with E-state index in [2.05, 4.69) is 0 Å². The van der Waals surface area contributed by atoms with Crippen LogP contribution in [-0.2, 0) is 23.1 Å². The Labute approximate surface area is 132 Å². The normalized spacial score (nSPS) is 16.1. The van der Waals surface area contributed by atoms with E-state index in [9.17, 15) is 14.3 Å². The second kappa shape index (κ2) is 10.3. The van der Waals surface area contributed by atoms with Gasteiger partial charge >= 0.3 is 13.8 Å². The van der Waals surface area contributed by atoms with Crippen molar-refractivity contribution in [2.45, 2.75) is 32.3 Å². The Hall–Kier alpha value is -0.500. The van der Waals surface area contributed by atoms with Gasteiger partial charge in [-0.15, -0.1) is 0 Å². The van der Waals surface area contributed by atoms with Crippen molar-refractivity contribution >= 4 is 13.8 Å². The number of phosphoric acid groups is 1. The number of nitrogens with zero attached hydrogens (tertiary/aromatic N) is 1. The van der Waals surface area contributed by atoms with Gasteiger partial charge in [-0.1, -0.05) is 13.3 Å². The zero-order chi connectivity index (χ0) is 17.2. The number of quaternary nitrogens is 1. The van der Waals surface area contributed by atoms with Crippen molar-refractivity contribution in [2.24, 2.45) is 0 Å². The van der Waals surface area contributed by atoms with E-state index in [1.165, 1.54) is 0 Å². The first-order valence-corrected chi connectivity index (χ1v) is 8.82. The van der Waals surface area contributed by atoms with Crippen molar-refractivity contribution in [1.29, 1.82) is 0 Å². The predicted octanol–water partition coefficient (Wildman–Crippen LogP) is 0.920. The van der Waals surface area contributed by atoms with Gasteiger partial charge in [0.1, 0.15) is 19.3 Å². The molecular formula is C13H29NO7P+. The lowest BCUT2D eigenvalue weighted by atomic mass is 10.2. The molecule has 8 nitrogen and oxygen atoms in total. The van der Waals surface area contributed by atoms with Crippen LogP contribution in [0.1, 0.15) is 26.2 Å². The molecule has 132 valence electrons. The SMILES string of the molecule is CCCCC(=O)O[C@H](CO)COP(=O)(O)OCC[N+](C)(C)C. The number of aliphatic hydroxyl groups excluding tert-OH is 1. The minimum Gasteiger partial charge on any atom is -0.457 e. The summed E-state index contributed by atoms with van der Waals surface area (Å²) in [6, 6.07) is 0. The second-order valence-corrected chi connectivity index (χ2v) is 7.46. The Balaban J connectivity index is 4.13. The molecule has 9 heteroatoms. The van der Waals surface area contributed by atoms with Crippen molar-refractivity contribution in [1.82, 2.24) is 0 Å². The van der Waals surface area contributed by atoms with Crippen LogP contribution in [0.25, 0.3) is 0 Å². The first-order valence-electron chi connectivity index (χ1n) is 7.32. The molecule has 0 aliphatic heterocycles. The molecule has 0 rings (SSSR count). The largest absolute Gasteiger partial charge is 0.472 e. The monoisotopic (exact) mass is 342 g/mol. The second-order valence-electron chi connectivity index (χ2n) is 6.01. The Kier molecular flexibility index (Phi) is 10.1. The maximum Gasteiger partial charge on any atom is 0.472 e. The fourth-order valence-corrected chi connectivity index (χ4v) is 2.08. The summed E-state index contributed by atoms with van der Waals surface area (Å²) in [5, 5.41) is 9.11. The molecule has 0 aromatic carbocycles. The van der Waals surface area contributed by atoms with Crippen LogP contribution in [0.2, 0.25) is 0 Å². The molecule has 0 aromatic rings. The maximum absolute atomic E-state index is 11.7. The molecule has 0 spiro atoms. The van der Waals surface area contributed by atoms with Crippen molar-refractivity contribution < 1.29 is 37.6 Å². The zero-order valence-electron chi connectivity index (χ0n) is 13.9. The molecule has 0 bridgehead atoms. The highest BCUT2D eigenvalue weighted by atomic mass is 31.2. The lowest BCUT2D eigenvalue weighted by molar-refractivity contribution is -0.870. The highest BCUT2D eigenvalue weighted by Crippen LogP contribution is 2.43. The van der Waals surface area contributed by atoms with Crippen LogP contribution >= 0.6 is 7.82 Å². The number of aliphatic hydroxyl groups is 1. The van der Waals surface area contributed by atoms with E-state index in [0.29, 0.717) is 17.4 Å². The third-order valence-electron chi connectivity index (χ3n) is 2.68. The van der Waals surface area contributed by atoms with Gasteiger partial charge in [-0.2, -0.15) is 0 Å². The standard InChI is InChI=1S/C13H28NO7P/c1-5-6-7-13(16)21-12(10-15)11-20-22(17,18)19-9-8-14(2,3)4/h12,15H,5-11H2,1-4H3/p+1/t12-/m1/s1. The summed E-state index contributed by atoms with van der Waals surface area (Å²) in [6.45, 7) is 1.64. The van der Waals surface area contributed by atoms with Crippen molar-refractivity contribution in [3.63, 3.8) is 0 Å². The van der Waals surface area contributed by atoms with E-state index in [0.717, 1.165) is 6.42 Å². The Morgan fingerprint density at radius 2 is 1.91 bits per heavy atom. The molecule has 2 atom stereocenters. The third kappa shape index (κ3) is 12.1. The van der Waals surface area contributed by atoms with Crippen LogP contribution in [0.4, 0.5) is 0 Å². The fourth-order valence-electron chi connectivity index (χ4n) is 1.33. The quantitative estimate of drug-likeness (QED) is 0.309. The van der Waals surface area contributed by atoms with Crippen molar-refractivity contribution in [3.05, 3.63) is 0 Å². The smallest absolute Gasteiger partial charge is 0.457 e. The van der Waals surface area contributed by atoms with Crippen LogP contribution in [0.15, 0.2) is 0 Å². The van der Waals surface area contributed by atoms with E-state index in [-0.39, 0.29) is 13.0 Å². The molecule has 0 saturated heterocycles. The molecule has 0 aliphatic carbocycles. The summed E-state index contributed by atoms with van der Waals surface area (Å²) in [7, 11) is 1.54. The predicted molar refractivity (Wildman–Crippen MR) is 81.1 cm³/mol. The fraction of sp³-hybridized carbons (Fsp3) is 0.923. The molecule has 0 fully saturated rings. The summed E-state index contributed by atoms with van der Waals surface area (Å²) >= 11 is 0. The molecule has 0 amide bonds. The highest BCUT2D eigenvalue weighted by molar-refractivity contribution is 7.47. The molecule has 0 aromatic heterocycles. The Bertz CT molecular complexity index is 370. The summed E-state index contributed by atoms with van der Waals surface area (Å²) < 4.78 is 26.8. The average Bonchev–Trinajstić information content (AvgIpc) is 2.39. The molecule has 22 heavy (non-hydrogen) atoms. The maximum atomic E-state index is 11.7. The molecular weight excluding hydrogens is 313 g/mol. The van der Waals surface area contributed by atoms with Crippen LogP contribution in [0, 0.1) is 0 Å². The number of unbranched alkanes of at least 4 members (excludes halogenated alkanes) is 1.